The normalized spacial score (nSPS) is 13.6. The molecule has 1 fully saturated rings. The molecule has 6 heteroatoms. The van der Waals surface area contributed by atoms with Crippen LogP contribution in [0.3, 0.4) is 0 Å². The molecule has 0 N–H and O–H groups in total. The topological polar surface area (TPSA) is 79.0 Å². The van der Waals surface area contributed by atoms with Crippen LogP contribution in [0.25, 0.3) is 16.9 Å². The molecule has 1 saturated heterocycles. The van der Waals surface area contributed by atoms with Crippen LogP contribution in [-0.2, 0) is 4.79 Å². The summed E-state index contributed by atoms with van der Waals surface area (Å²) in [4.78, 5) is 26.1. The number of rotatable bonds is 3. The first-order chi connectivity index (χ1) is 13.6. The van der Waals surface area contributed by atoms with Crippen LogP contribution in [0.4, 0.5) is 0 Å². The fourth-order valence-corrected chi connectivity index (χ4v) is 3.29. The maximum atomic E-state index is 12.8. The Kier molecular flexibility index (Phi) is 4.50. The van der Waals surface area contributed by atoms with Gasteiger partial charge in [-0.15, -0.1) is 0 Å². The van der Waals surface area contributed by atoms with Crippen LogP contribution in [0.5, 0.6) is 0 Å². The van der Waals surface area contributed by atoms with Crippen LogP contribution in [0.2, 0.25) is 0 Å². The van der Waals surface area contributed by atoms with Crippen molar-refractivity contribution in [3.8, 4) is 23.0 Å². The van der Waals surface area contributed by atoms with Gasteiger partial charge in [-0.2, -0.15) is 10.4 Å². The second-order valence-electron chi connectivity index (χ2n) is 6.81. The molecule has 3 aromatic rings. The zero-order valence-electron chi connectivity index (χ0n) is 15.4. The molecule has 0 spiro atoms. The average molecular weight is 370 g/mol. The van der Waals surface area contributed by atoms with Crippen LogP contribution in [-0.4, -0.2) is 33.0 Å². The van der Waals surface area contributed by atoms with Crippen molar-refractivity contribution in [2.45, 2.75) is 19.8 Å². The Hall–Kier alpha value is -3.72. The maximum absolute atomic E-state index is 12.8. The van der Waals surface area contributed by atoms with Gasteiger partial charge in [0.05, 0.1) is 23.0 Å². The van der Waals surface area contributed by atoms with E-state index in [0.29, 0.717) is 24.9 Å². The van der Waals surface area contributed by atoms with Gasteiger partial charge in [0.25, 0.3) is 5.91 Å². The van der Waals surface area contributed by atoms with Gasteiger partial charge in [0.1, 0.15) is 0 Å². The highest BCUT2D eigenvalue weighted by Crippen LogP contribution is 2.26. The van der Waals surface area contributed by atoms with Crippen molar-refractivity contribution >= 4 is 11.8 Å². The largest absolute Gasteiger partial charge is 0.280 e. The Morgan fingerprint density at radius 2 is 1.82 bits per heavy atom. The van der Waals surface area contributed by atoms with Crippen LogP contribution < -0.4 is 0 Å². The van der Waals surface area contributed by atoms with E-state index in [9.17, 15) is 9.59 Å². The molecule has 0 aliphatic carbocycles. The second-order valence-corrected chi connectivity index (χ2v) is 6.81. The third kappa shape index (κ3) is 3.19. The fraction of sp³-hybridized carbons (Fsp3) is 0.182. The number of carbonyl (C=O) groups is 2. The predicted octanol–water partition coefficient (Wildman–Crippen LogP) is 3.48. The number of amides is 2. The van der Waals surface area contributed by atoms with Gasteiger partial charge in [-0.25, -0.2) is 4.68 Å². The molecule has 2 amide bonds. The fourth-order valence-electron chi connectivity index (χ4n) is 3.29. The number of hydrogen-bond acceptors (Lipinski definition) is 4. The lowest BCUT2D eigenvalue weighted by atomic mass is 10.1. The van der Waals surface area contributed by atoms with Gasteiger partial charge in [0.2, 0.25) is 5.91 Å². The van der Waals surface area contributed by atoms with Crippen LogP contribution in [0, 0.1) is 18.3 Å². The number of aromatic nitrogens is 2. The summed E-state index contributed by atoms with van der Waals surface area (Å²) in [5.41, 5.74) is 4.29. The van der Waals surface area contributed by atoms with Gasteiger partial charge in [-0.3, -0.25) is 14.5 Å². The Morgan fingerprint density at radius 3 is 2.43 bits per heavy atom. The van der Waals surface area contributed by atoms with Gasteiger partial charge in [-0.05, 0) is 43.7 Å². The summed E-state index contributed by atoms with van der Waals surface area (Å²) in [5, 5.41) is 13.5. The average Bonchev–Trinajstić information content (AvgIpc) is 3.35. The number of benzene rings is 2. The van der Waals surface area contributed by atoms with Crippen LogP contribution in [0.15, 0.2) is 54.6 Å². The SMILES string of the molecule is Cc1ccc(-n2nc(C(=O)N3CCCC3=O)cc2-c2ccc(C#N)cc2)cc1. The minimum Gasteiger partial charge on any atom is -0.277 e. The van der Waals surface area contributed by atoms with Gasteiger partial charge < -0.3 is 0 Å². The molecular formula is C22H18N4O2. The second kappa shape index (κ2) is 7.12. The zero-order valence-corrected chi connectivity index (χ0v) is 15.4. The number of imide groups is 1. The zero-order chi connectivity index (χ0) is 19.7. The summed E-state index contributed by atoms with van der Waals surface area (Å²) < 4.78 is 1.70. The number of nitriles is 1. The summed E-state index contributed by atoms with van der Waals surface area (Å²) >= 11 is 0. The smallest absolute Gasteiger partial charge is 0.277 e. The van der Waals surface area contributed by atoms with E-state index in [0.717, 1.165) is 22.5 Å². The number of hydrogen-bond donors (Lipinski definition) is 0. The molecule has 0 bridgehead atoms. The number of nitrogens with zero attached hydrogens (tertiary/aromatic N) is 4. The highest BCUT2D eigenvalue weighted by atomic mass is 16.2. The molecule has 6 nitrogen and oxygen atoms in total. The first kappa shape index (κ1) is 17.7. The molecule has 1 aliphatic heterocycles. The van der Waals surface area contributed by atoms with Crippen molar-refractivity contribution in [3.63, 3.8) is 0 Å². The van der Waals surface area contributed by atoms with E-state index >= 15 is 0 Å². The van der Waals surface area contributed by atoms with Crippen molar-refractivity contribution in [1.29, 1.82) is 5.26 Å². The lowest BCUT2D eigenvalue weighted by Gasteiger charge is -2.11. The third-order valence-corrected chi connectivity index (χ3v) is 4.84. The molecule has 1 aromatic heterocycles. The molecule has 138 valence electrons. The molecule has 0 saturated carbocycles. The summed E-state index contributed by atoms with van der Waals surface area (Å²) in [5.74, 6) is -0.530. The Morgan fingerprint density at radius 1 is 1.11 bits per heavy atom. The summed E-state index contributed by atoms with van der Waals surface area (Å²) in [6.07, 6.45) is 1.08. The third-order valence-electron chi connectivity index (χ3n) is 4.84. The van der Waals surface area contributed by atoms with E-state index < -0.39 is 0 Å². The molecule has 2 aromatic carbocycles. The van der Waals surface area contributed by atoms with Gasteiger partial charge >= 0.3 is 0 Å². The number of carbonyl (C=O) groups excluding carboxylic acids is 2. The highest BCUT2D eigenvalue weighted by molar-refractivity contribution is 6.05. The van der Waals surface area contributed by atoms with Gasteiger partial charge in [0.15, 0.2) is 5.69 Å². The van der Waals surface area contributed by atoms with Crippen LogP contribution in [0.1, 0.15) is 34.5 Å². The van der Waals surface area contributed by atoms with E-state index in [1.54, 1.807) is 22.9 Å². The van der Waals surface area contributed by atoms with Crippen molar-refractivity contribution in [3.05, 3.63) is 71.4 Å². The van der Waals surface area contributed by atoms with Gasteiger partial charge in [0, 0.05) is 18.5 Å². The van der Waals surface area contributed by atoms with Crippen molar-refractivity contribution in [2.24, 2.45) is 0 Å². The Bertz CT molecular complexity index is 1090. The van der Waals surface area contributed by atoms with Gasteiger partial charge in [-0.1, -0.05) is 29.8 Å². The van der Waals surface area contributed by atoms with E-state index in [-0.39, 0.29) is 17.5 Å². The lowest BCUT2D eigenvalue weighted by Crippen LogP contribution is -2.32. The molecule has 0 unspecified atom stereocenters. The van der Waals surface area contributed by atoms with E-state index in [1.165, 1.54) is 4.90 Å². The molecule has 1 aliphatic rings. The number of likely N-dealkylation sites (tertiary alicyclic amines) is 1. The highest BCUT2D eigenvalue weighted by Gasteiger charge is 2.29. The molecule has 28 heavy (non-hydrogen) atoms. The quantitative estimate of drug-likeness (QED) is 0.661. The Labute approximate surface area is 162 Å². The monoisotopic (exact) mass is 370 g/mol. The maximum Gasteiger partial charge on any atom is 0.280 e. The van der Waals surface area contributed by atoms with Crippen molar-refractivity contribution in [1.82, 2.24) is 14.7 Å². The lowest BCUT2D eigenvalue weighted by molar-refractivity contribution is -0.125. The predicted molar refractivity (Wildman–Crippen MR) is 104 cm³/mol. The summed E-state index contributed by atoms with van der Waals surface area (Å²) in [6.45, 7) is 2.43. The minimum absolute atomic E-state index is 0.158. The van der Waals surface area contributed by atoms with E-state index in [4.69, 9.17) is 5.26 Å². The summed E-state index contributed by atoms with van der Waals surface area (Å²) in [6, 6.07) is 18.7. The first-order valence-corrected chi connectivity index (χ1v) is 9.09. The number of aryl methyl sites for hydroxylation is 1. The van der Waals surface area contributed by atoms with E-state index in [1.807, 2.05) is 43.3 Å². The summed E-state index contributed by atoms with van der Waals surface area (Å²) in [7, 11) is 0. The first-order valence-electron chi connectivity index (χ1n) is 9.09. The molecule has 0 atom stereocenters. The Balaban J connectivity index is 1.81. The van der Waals surface area contributed by atoms with E-state index in [2.05, 4.69) is 11.2 Å². The minimum atomic E-state index is -0.372. The molecule has 2 heterocycles. The van der Waals surface area contributed by atoms with Crippen molar-refractivity contribution in [2.75, 3.05) is 6.54 Å². The van der Waals surface area contributed by atoms with Crippen LogP contribution >= 0.6 is 0 Å². The van der Waals surface area contributed by atoms with Crippen molar-refractivity contribution < 1.29 is 9.59 Å². The standard InChI is InChI=1S/C22H18N4O2/c1-15-4-10-18(11-5-15)26-20(17-8-6-16(14-23)7-9-17)13-19(24-26)22(28)25-12-2-3-21(25)27/h4-11,13H,2-3,12H2,1H3. The molecule has 4 rings (SSSR count). The molecule has 0 radical (unpaired) electrons. The molecular weight excluding hydrogens is 352 g/mol.